The molecule has 0 spiro atoms. The van der Waals surface area contributed by atoms with Crippen molar-refractivity contribution in [2.75, 3.05) is 13.6 Å². The van der Waals surface area contributed by atoms with Crippen LogP contribution < -0.4 is 15.4 Å². The molecule has 29 heavy (non-hydrogen) atoms. The number of aromatic nitrogens is 2. The number of aryl methyl sites for hydroxylation is 1. The number of para-hydroxylation sites is 1. The molecule has 0 fully saturated rings. The summed E-state index contributed by atoms with van der Waals surface area (Å²) in [5, 5.41) is 10.9. The van der Waals surface area contributed by atoms with Crippen molar-refractivity contribution in [2.24, 2.45) is 4.99 Å². The zero-order chi connectivity index (χ0) is 19.4. The third-order valence-electron chi connectivity index (χ3n) is 4.34. The smallest absolute Gasteiger partial charge is 0.191 e. The van der Waals surface area contributed by atoms with Crippen LogP contribution in [0.1, 0.15) is 17.5 Å². The Labute approximate surface area is 189 Å². The standard InChI is InChI=1S/C22H27N5O.HI/c1-23-22(24-13-7-15-27-16-8-14-26-27)25-17-19-9-5-6-10-20(19)18-28-21-11-3-2-4-12-21;/h2-6,8-12,14,16H,7,13,15,17-18H2,1H3,(H2,23,24,25);1H. The number of hydrogen-bond acceptors (Lipinski definition) is 3. The summed E-state index contributed by atoms with van der Waals surface area (Å²) in [7, 11) is 1.78. The van der Waals surface area contributed by atoms with Gasteiger partial charge in [0.15, 0.2) is 5.96 Å². The third kappa shape index (κ3) is 7.77. The lowest BCUT2D eigenvalue weighted by molar-refractivity contribution is 0.305. The Morgan fingerprint density at radius 2 is 1.76 bits per heavy atom. The molecule has 2 aromatic carbocycles. The van der Waals surface area contributed by atoms with E-state index < -0.39 is 0 Å². The van der Waals surface area contributed by atoms with Crippen LogP contribution in [0.3, 0.4) is 0 Å². The maximum atomic E-state index is 5.90. The molecule has 0 aliphatic rings. The van der Waals surface area contributed by atoms with E-state index in [1.165, 1.54) is 5.56 Å². The minimum absolute atomic E-state index is 0. The van der Waals surface area contributed by atoms with E-state index >= 15 is 0 Å². The van der Waals surface area contributed by atoms with Crippen molar-refractivity contribution in [2.45, 2.75) is 26.1 Å². The van der Waals surface area contributed by atoms with E-state index in [0.29, 0.717) is 13.2 Å². The fraction of sp³-hybridized carbons (Fsp3) is 0.273. The highest BCUT2D eigenvalue weighted by Crippen LogP contribution is 2.14. The first-order chi connectivity index (χ1) is 13.8. The largest absolute Gasteiger partial charge is 0.489 e. The van der Waals surface area contributed by atoms with E-state index in [1.807, 2.05) is 59.4 Å². The Kier molecular flexibility index (Phi) is 10.1. The van der Waals surface area contributed by atoms with Gasteiger partial charge in [0.05, 0.1) is 0 Å². The lowest BCUT2D eigenvalue weighted by atomic mass is 10.1. The summed E-state index contributed by atoms with van der Waals surface area (Å²) in [4.78, 5) is 4.30. The number of halogens is 1. The molecule has 3 aromatic rings. The molecule has 1 aromatic heterocycles. The van der Waals surface area contributed by atoms with Gasteiger partial charge in [0.25, 0.3) is 0 Å². The van der Waals surface area contributed by atoms with Gasteiger partial charge in [-0.15, -0.1) is 24.0 Å². The van der Waals surface area contributed by atoms with Crippen LogP contribution in [0.4, 0.5) is 0 Å². The molecule has 3 rings (SSSR count). The van der Waals surface area contributed by atoms with Gasteiger partial charge in [0.2, 0.25) is 0 Å². The van der Waals surface area contributed by atoms with E-state index in [4.69, 9.17) is 4.74 Å². The van der Waals surface area contributed by atoms with Crippen molar-refractivity contribution in [3.63, 3.8) is 0 Å². The molecular weight excluding hydrogens is 477 g/mol. The molecule has 1 heterocycles. The predicted octanol–water partition coefficient (Wildman–Crippen LogP) is 3.84. The molecule has 2 N–H and O–H groups in total. The SMILES string of the molecule is CN=C(NCCCn1cccn1)NCc1ccccc1COc1ccccc1.I. The number of nitrogens with zero attached hydrogens (tertiary/aromatic N) is 3. The van der Waals surface area contributed by atoms with Gasteiger partial charge < -0.3 is 15.4 Å². The van der Waals surface area contributed by atoms with E-state index in [0.717, 1.165) is 36.8 Å². The van der Waals surface area contributed by atoms with Crippen molar-refractivity contribution >= 4 is 29.9 Å². The average molecular weight is 505 g/mol. The average Bonchev–Trinajstić information content (AvgIpc) is 3.27. The van der Waals surface area contributed by atoms with Gasteiger partial charge in [-0.05, 0) is 35.7 Å². The Morgan fingerprint density at radius 1 is 1.00 bits per heavy atom. The molecule has 7 heteroatoms. The highest BCUT2D eigenvalue weighted by Gasteiger charge is 2.05. The molecule has 154 valence electrons. The quantitative estimate of drug-likeness (QED) is 0.201. The summed E-state index contributed by atoms with van der Waals surface area (Å²) in [6.07, 6.45) is 4.75. The summed E-state index contributed by atoms with van der Waals surface area (Å²) in [6.45, 7) is 2.94. The number of aliphatic imine (C=N–C) groups is 1. The van der Waals surface area contributed by atoms with Gasteiger partial charge in [0, 0.05) is 39.1 Å². The molecule has 0 aliphatic heterocycles. The minimum Gasteiger partial charge on any atom is -0.489 e. The van der Waals surface area contributed by atoms with E-state index in [2.05, 4.69) is 32.9 Å². The van der Waals surface area contributed by atoms with Crippen molar-refractivity contribution in [3.8, 4) is 5.75 Å². The number of guanidine groups is 1. The number of ether oxygens (including phenoxy) is 1. The van der Waals surface area contributed by atoms with Crippen LogP contribution in [-0.2, 0) is 19.7 Å². The highest BCUT2D eigenvalue weighted by molar-refractivity contribution is 14.0. The Balaban J connectivity index is 0.00000300. The minimum atomic E-state index is 0. The van der Waals surface area contributed by atoms with Crippen LogP contribution in [0.5, 0.6) is 5.75 Å². The molecule has 0 amide bonds. The van der Waals surface area contributed by atoms with E-state index in [-0.39, 0.29) is 24.0 Å². The first-order valence-electron chi connectivity index (χ1n) is 9.52. The Hall–Kier alpha value is -2.55. The summed E-state index contributed by atoms with van der Waals surface area (Å²) in [5.74, 6) is 1.67. The second-order valence-electron chi connectivity index (χ2n) is 6.35. The van der Waals surface area contributed by atoms with Crippen LogP contribution >= 0.6 is 24.0 Å². The van der Waals surface area contributed by atoms with Gasteiger partial charge in [-0.25, -0.2) is 0 Å². The molecular formula is C22H28IN5O. The third-order valence-corrected chi connectivity index (χ3v) is 4.34. The molecule has 0 unspecified atom stereocenters. The van der Waals surface area contributed by atoms with Gasteiger partial charge in [-0.1, -0.05) is 42.5 Å². The summed E-state index contributed by atoms with van der Waals surface area (Å²) >= 11 is 0. The Morgan fingerprint density at radius 3 is 2.48 bits per heavy atom. The van der Waals surface area contributed by atoms with Crippen molar-refractivity contribution in [1.82, 2.24) is 20.4 Å². The molecule has 0 atom stereocenters. The zero-order valence-electron chi connectivity index (χ0n) is 16.6. The number of rotatable bonds is 9. The lowest BCUT2D eigenvalue weighted by Gasteiger charge is -2.15. The van der Waals surface area contributed by atoms with Crippen LogP contribution in [-0.4, -0.2) is 29.3 Å². The van der Waals surface area contributed by atoms with Gasteiger partial charge in [-0.2, -0.15) is 5.10 Å². The molecule has 0 saturated heterocycles. The lowest BCUT2D eigenvalue weighted by Crippen LogP contribution is -2.37. The monoisotopic (exact) mass is 505 g/mol. The van der Waals surface area contributed by atoms with Crippen LogP contribution in [0.25, 0.3) is 0 Å². The second kappa shape index (κ2) is 12.8. The topological polar surface area (TPSA) is 63.5 Å². The van der Waals surface area contributed by atoms with Crippen molar-refractivity contribution < 1.29 is 4.74 Å². The van der Waals surface area contributed by atoms with Gasteiger partial charge in [-0.3, -0.25) is 9.67 Å². The fourth-order valence-corrected chi connectivity index (χ4v) is 2.83. The zero-order valence-corrected chi connectivity index (χ0v) is 19.0. The number of nitrogens with one attached hydrogen (secondary N) is 2. The molecule has 0 bridgehead atoms. The summed E-state index contributed by atoms with van der Waals surface area (Å²) in [6, 6.07) is 20.1. The first-order valence-corrected chi connectivity index (χ1v) is 9.52. The van der Waals surface area contributed by atoms with Crippen LogP contribution in [0.15, 0.2) is 78.0 Å². The molecule has 0 saturated carbocycles. The van der Waals surface area contributed by atoms with Crippen LogP contribution in [0.2, 0.25) is 0 Å². The number of benzene rings is 2. The molecule has 0 radical (unpaired) electrons. The summed E-state index contributed by atoms with van der Waals surface area (Å²) in [5.41, 5.74) is 2.35. The van der Waals surface area contributed by atoms with E-state index in [1.54, 1.807) is 13.2 Å². The second-order valence-corrected chi connectivity index (χ2v) is 6.35. The first kappa shape index (κ1) is 22.7. The maximum Gasteiger partial charge on any atom is 0.191 e. The highest BCUT2D eigenvalue weighted by atomic mass is 127. The molecule has 0 aliphatic carbocycles. The van der Waals surface area contributed by atoms with Crippen LogP contribution in [0, 0.1) is 0 Å². The Bertz CT molecular complexity index is 853. The molecule has 6 nitrogen and oxygen atoms in total. The van der Waals surface area contributed by atoms with Crippen molar-refractivity contribution in [1.29, 1.82) is 0 Å². The van der Waals surface area contributed by atoms with Crippen molar-refractivity contribution in [3.05, 3.63) is 84.2 Å². The normalized spacial score (nSPS) is 10.9. The maximum absolute atomic E-state index is 5.90. The number of hydrogen-bond donors (Lipinski definition) is 2. The van der Waals surface area contributed by atoms with Gasteiger partial charge >= 0.3 is 0 Å². The fourth-order valence-electron chi connectivity index (χ4n) is 2.83. The predicted molar refractivity (Wildman–Crippen MR) is 128 cm³/mol. The van der Waals surface area contributed by atoms with E-state index in [9.17, 15) is 0 Å². The summed E-state index contributed by atoms with van der Waals surface area (Å²) < 4.78 is 7.83. The van der Waals surface area contributed by atoms with Gasteiger partial charge in [0.1, 0.15) is 12.4 Å².